The van der Waals surface area contributed by atoms with E-state index in [2.05, 4.69) is 10.6 Å². The molecular weight excluding hydrogens is 360 g/mol. The van der Waals surface area contributed by atoms with Crippen molar-refractivity contribution < 1.29 is 14.3 Å². The van der Waals surface area contributed by atoms with Crippen molar-refractivity contribution in [2.45, 2.75) is 15.9 Å². The van der Waals surface area contributed by atoms with Gasteiger partial charge in [-0.15, -0.1) is 0 Å². The van der Waals surface area contributed by atoms with Gasteiger partial charge >= 0.3 is 0 Å². The molecule has 1 saturated heterocycles. The summed E-state index contributed by atoms with van der Waals surface area (Å²) in [5, 5.41) is 6.56. The number of morpholine rings is 1. The Morgan fingerprint density at radius 3 is 2.76 bits per heavy atom. The monoisotopic (exact) mass is 378 g/mol. The maximum Gasteiger partial charge on any atom is 0.254 e. The third-order valence-corrected chi connectivity index (χ3v) is 5.22. The average molecular weight is 379 g/mol. The molecule has 0 saturated carbocycles. The SMILES string of the molecule is COc1ccc(Sc2ccc(NC(=O)C3CNCCO3)cc2Cl)cc1. The highest BCUT2D eigenvalue weighted by Gasteiger charge is 2.21. The molecule has 1 unspecified atom stereocenters. The molecule has 1 aliphatic heterocycles. The van der Waals surface area contributed by atoms with E-state index >= 15 is 0 Å². The number of ether oxygens (including phenoxy) is 2. The van der Waals surface area contributed by atoms with Crippen molar-refractivity contribution in [1.82, 2.24) is 5.32 Å². The standard InChI is InChI=1S/C18H19ClN2O3S/c1-23-13-3-5-14(6-4-13)25-17-7-2-12(10-15(17)19)21-18(22)16-11-20-8-9-24-16/h2-7,10,16,20H,8-9,11H2,1H3,(H,21,22). The van der Waals surface area contributed by atoms with E-state index in [1.807, 2.05) is 36.4 Å². The Hall–Kier alpha value is -1.73. The normalized spacial score (nSPS) is 17.1. The predicted molar refractivity (Wildman–Crippen MR) is 99.8 cm³/mol. The number of hydrogen-bond donors (Lipinski definition) is 2. The first kappa shape index (κ1) is 18.1. The van der Waals surface area contributed by atoms with Gasteiger partial charge in [0.1, 0.15) is 11.9 Å². The van der Waals surface area contributed by atoms with Gasteiger partial charge in [0.15, 0.2) is 0 Å². The van der Waals surface area contributed by atoms with Crippen LogP contribution in [0.15, 0.2) is 52.3 Å². The fourth-order valence-electron chi connectivity index (χ4n) is 2.39. The van der Waals surface area contributed by atoms with Crippen LogP contribution in [0.2, 0.25) is 5.02 Å². The molecule has 0 spiro atoms. The van der Waals surface area contributed by atoms with E-state index in [1.54, 1.807) is 24.9 Å². The van der Waals surface area contributed by atoms with Gasteiger partial charge in [0.2, 0.25) is 0 Å². The molecule has 2 aromatic carbocycles. The molecule has 1 fully saturated rings. The van der Waals surface area contributed by atoms with Crippen LogP contribution in [0.5, 0.6) is 5.75 Å². The average Bonchev–Trinajstić information content (AvgIpc) is 2.65. The fraction of sp³-hybridized carbons (Fsp3) is 0.278. The minimum atomic E-state index is -0.471. The molecule has 2 aromatic rings. The van der Waals surface area contributed by atoms with Gasteiger partial charge in [0, 0.05) is 28.6 Å². The van der Waals surface area contributed by atoms with Crippen LogP contribution in [0.25, 0.3) is 0 Å². The van der Waals surface area contributed by atoms with Crippen molar-refractivity contribution in [1.29, 1.82) is 0 Å². The minimum absolute atomic E-state index is 0.168. The molecule has 0 radical (unpaired) electrons. The zero-order valence-electron chi connectivity index (χ0n) is 13.8. The molecule has 1 aliphatic rings. The lowest BCUT2D eigenvalue weighted by molar-refractivity contribution is -0.128. The summed E-state index contributed by atoms with van der Waals surface area (Å²) >= 11 is 7.92. The smallest absolute Gasteiger partial charge is 0.254 e. The van der Waals surface area contributed by atoms with E-state index in [-0.39, 0.29) is 5.91 Å². The van der Waals surface area contributed by atoms with Crippen molar-refractivity contribution >= 4 is 35.0 Å². The van der Waals surface area contributed by atoms with Crippen LogP contribution >= 0.6 is 23.4 Å². The lowest BCUT2D eigenvalue weighted by Gasteiger charge is -2.22. The predicted octanol–water partition coefficient (Wildman–Crippen LogP) is 3.43. The molecule has 1 heterocycles. The van der Waals surface area contributed by atoms with Crippen molar-refractivity contribution in [2.75, 3.05) is 32.1 Å². The number of hydrogen-bond acceptors (Lipinski definition) is 5. The Morgan fingerprint density at radius 1 is 1.32 bits per heavy atom. The molecule has 0 aliphatic carbocycles. The summed E-state index contributed by atoms with van der Waals surface area (Å²) in [6, 6.07) is 13.2. The Labute approximate surface area is 156 Å². The molecule has 25 heavy (non-hydrogen) atoms. The van der Waals surface area contributed by atoms with Crippen LogP contribution in [0.3, 0.4) is 0 Å². The summed E-state index contributed by atoms with van der Waals surface area (Å²) in [5.41, 5.74) is 0.656. The van der Waals surface area contributed by atoms with Gasteiger partial charge in [-0.25, -0.2) is 0 Å². The zero-order valence-corrected chi connectivity index (χ0v) is 15.3. The number of rotatable bonds is 5. The van der Waals surface area contributed by atoms with Crippen molar-refractivity contribution in [3.05, 3.63) is 47.5 Å². The summed E-state index contributed by atoms with van der Waals surface area (Å²) < 4.78 is 10.6. The van der Waals surface area contributed by atoms with Crippen LogP contribution < -0.4 is 15.4 Å². The zero-order chi connectivity index (χ0) is 17.6. The van der Waals surface area contributed by atoms with Gasteiger partial charge in [0.05, 0.1) is 18.7 Å². The molecule has 1 atom stereocenters. The second-order valence-corrected chi connectivity index (χ2v) is 7.00. The number of benzene rings is 2. The molecule has 3 rings (SSSR count). The van der Waals surface area contributed by atoms with Gasteiger partial charge in [-0.1, -0.05) is 23.4 Å². The number of halogens is 1. The number of methoxy groups -OCH3 is 1. The van der Waals surface area contributed by atoms with E-state index in [4.69, 9.17) is 21.1 Å². The summed E-state index contributed by atoms with van der Waals surface area (Å²) in [6.45, 7) is 1.83. The largest absolute Gasteiger partial charge is 0.497 e. The Morgan fingerprint density at radius 2 is 2.12 bits per heavy atom. The second kappa shape index (κ2) is 8.58. The first-order valence-corrected chi connectivity index (χ1v) is 9.10. The van der Waals surface area contributed by atoms with Gasteiger partial charge in [-0.3, -0.25) is 4.79 Å². The van der Waals surface area contributed by atoms with E-state index in [0.29, 0.717) is 23.9 Å². The Kier molecular flexibility index (Phi) is 6.20. The maximum atomic E-state index is 12.2. The lowest BCUT2D eigenvalue weighted by Crippen LogP contribution is -2.45. The molecular formula is C18H19ClN2O3S. The molecule has 0 aromatic heterocycles. The summed E-state index contributed by atoms with van der Waals surface area (Å²) in [7, 11) is 1.64. The van der Waals surface area contributed by atoms with Crippen molar-refractivity contribution in [3.63, 3.8) is 0 Å². The van der Waals surface area contributed by atoms with Crippen LogP contribution in [0, 0.1) is 0 Å². The number of carbonyl (C=O) groups excluding carboxylic acids is 1. The highest BCUT2D eigenvalue weighted by atomic mass is 35.5. The Bertz CT molecular complexity index is 734. The number of amides is 1. The maximum absolute atomic E-state index is 12.2. The van der Waals surface area contributed by atoms with Crippen LogP contribution in [-0.2, 0) is 9.53 Å². The van der Waals surface area contributed by atoms with Gasteiger partial charge in [0.25, 0.3) is 5.91 Å². The first-order chi connectivity index (χ1) is 12.2. The topological polar surface area (TPSA) is 59.6 Å². The van der Waals surface area contributed by atoms with E-state index in [1.165, 1.54) is 0 Å². The van der Waals surface area contributed by atoms with E-state index in [0.717, 1.165) is 22.1 Å². The highest BCUT2D eigenvalue weighted by Crippen LogP contribution is 2.35. The van der Waals surface area contributed by atoms with Gasteiger partial charge in [-0.05, 0) is 42.5 Å². The van der Waals surface area contributed by atoms with E-state index in [9.17, 15) is 4.79 Å². The van der Waals surface area contributed by atoms with Crippen LogP contribution in [0.4, 0.5) is 5.69 Å². The summed E-state index contributed by atoms with van der Waals surface area (Å²) in [4.78, 5) is 14.2. The molecule has 5 nitrogen and oxygen atoms in total. The van der Waals surface area contributed by atoms with Crippen molar-refractivity contribution in [3.8, 4) is 5.75 Å². The lowest BCUT2D eigenvalue weighted by atomic mass is 10.2. The molecule has 2 N–H and O–H groups in total. The summed E-state index contributed by atoms with van der Waals surface area (Å²) in [5.74, 6) is 0.645. The molecule has 132 valence electrons. The number of nitrogens with one attached hydrogen (secondary N) is 2. The second-order valence-electron chi connectivity index (χ2n) is 5.48. The first-order valence-electron chi connectivity index (χ1n) is 7.90. The quantitative estimate of drug-likeness (QED) is 0.834. The van der Waals surface area contributed by atoms with Gasteiger partial charge in [-0.2, -0.15) is 0 Å². The minimum Gasteiger partial charge on any atom is -0.497 e. The fourth-order valence-corrected chi connectivity index (χ4v) is 3.50. The summed E-state index contributed by atoms with van der Waals surface area (Å²) in [6.07, 6.45) is -0.471. The number of anilines is 1. The van der Waals surface area contributed by atoms with Gasteiger partial charge < -0.3 is 20.1 Å². The molecule has 0 bridgehead atoms. The van der Waals surface area contributed by atoms with Crippen LogP contribution in [-0.4, -0.2) is 38.8 Å². The molecule has 1 amide bonds. The Balaban J connectivity index is 1.64. The van der Waals surface area contributed by atoms with Crippen LogP contribution in [0.1, 0.15) is 0 Å². The highest BCUT2D eigenvalue weighted by molar-refractivity contribution is 7.99. The third kappa shape index (κ3) is 4.89. The van der Waals surface area contributed by atoms with Crippen molar-refractivity contribution in [2.24, 2.45) is 0 Å². The van der Waals surface area contributed by atoms with E-state index < -0.39 is 6.10 Å². The number of carbonyl (C=O) groups is 1. The third-order valence-electron chi connectivity index (χ3n) is 3.71. The molecule has 7 heteroatoms.